The van der Waals surface area contributed by atoms with Crippen molar-refractivity contribution >= 4 is 16.9 Å². The summed E-state index contributed by atoms with van der Waals surface area (Å²) in [6, 6.07) is 9.13. The summed E-state index contributed by atoms with van der Waals surface area (Å²) in [7, 11) is 0. The lowest BCUT2D eigenvalue weighted by Crippen LogP contribution is -2.31. The molecule has 0 aliphatic heterocycles. The number of fused-ring (bicyclic) bond motifs is 1. The van der Waals surface area contributed by atoms with Gasteiger partial charge in [-0.25, -0.2) is 4.79 Å². The molecule has 0 bridgehead atoms. The molecule has 98 valence electrons. The average molecular weight is 260 g/mol. The molecule has 7 heteroatoms. The van der Waals surface area contributed by atoms with Crippen LogP contribution in [0.4, 0.5) is 0 Å². The van der Waals surface area contributed by atoms with Crippen LogP contribution in [0.2, 0.25) is 0 Å². The number of para-hydroxylation sites is 1. The van der Waals surface area contributed by atoms with Crippen LogP contribution in [0.1, 0.15) is 0 Å². The highest BCUT2D eigenvalue weighted by Crippen LogP contribution is 2.19. The highest BCUT2D eigenvalue weighted by molar-refractivity contribution is 5.86. The number of aromatic nitrogens is 1. The standard InChI is InChI=1S/C12H12N4O3/c13-11(10(16-14)12(17)18)19-8-5-7-3-1-2-4-9(7)15-6-8/h1-6,16H,13-14H2,(H,17,18)/b11-10+. The number of aliphatic carboxylic acids is 1. The maximum absolute atomic E-state index is 10.8. The van der Waals surface area contributed by atoms with Gasteiger partial charge in [-0.05, 0) is 12.1 Å². The molecule has 0 amide bonds. The van der Waals surface area contributed by atoms with Crippen LogP contribution in [0.25, 0.3) is 10.9 Å². The van der Waals surface area contributed by atoms with Crippen molar-refractivity contribution in [2.75, 3.05) is 0 Å². The molecule has 19 heavy (non-hydrogen) atoms. The van der Waals surface area contributed by atoms with Gasteiger partial charge < -0.3 is 21.0 Å². The van der Waals surface area contributed by atoms with Gasteiger partial charge in [0.1, 0.15) is 5.75 Å². The summed E-state index contributed by atoms with van der Waals surface area (Å²) in [6.07, 6.45) is 1.45. The zero-order valence-electron chi connectivity index (χ0n) is 9.83. The fourth-order valence-corrected chi connectivity index (χ4v) is 1.52. The summed E-state index contributed by atoms with van der Waals surface area (Å²) in [5.74, 6) is 3.73. The van der Waals surface area contributed by atoms with Crippen molar-refractivity contribution in [3.63, 3.8) is 0 Å². The van der Waals surface area contributed by atoms with Crippen molar-refractivity contribution in [3.8, 4) is 5.75 Å². The van der Waals surface area contributed by atoms with Crippen molar-refractivity contribution in [1.29, 1.82) is 0 Å². The van der Waals surface area contributed by atoms with E-state index in [-0.39, 0.29) is 5.88 Å². The third kappa shape index (κ3) is 2.72. The molecule has 1 heterocycles. The van der Waals surface area contributed by atoms with Crippen molar-refractivity contribution in [3.05, 3.63) is 48.1 Å². The highest BCUT2D eigenvalue weighted by Gasteiger charge is 2.13. The van der Waals surface area contributed by atoms with E-state index in [1.807, 2.05) is 29.7 Å². The van der Waals surface area contributed by atoms with E-state index in [4.69, 9.17) is 21.4 Å². The second-order valence-corrected chi connectivity index (χ2v) is 3.65. The lowest BCUT2D eigenvalue weighted by atomic mass is 10.2. The Labute approximate surface area is 108 Å². The fourth-order valence-electron chi connectivity index (χ4n) is 1.52. The maximum Gasteiger partial charge on any atom is 0.358 e. The lowest BCUT2D eigenvalue weighted by Gasteiger charge is -2.09. The van der Waals surface area contributed by atoms with Crippen LogP contribution in [0.5, 0.6) is 5.75 Å². The Morgan fingerprint density at radius 1 is 1.37 bits per heavy atom. The molecule has 2 rings (SSSR count). The predicted octanol–water partition coefficient (Wildman–Crippen LogP) is 0.289. The predicted molar refractivity (Wildman–Crippen MR) is 68.5 cm³/mol. The molecule has 0 radical (unpaired) electrons. The second-order valence-electron chi connectivity index (χ2n) is 3.65. The van der Waals surface area contributed by atoms with Gasteiger partial charge in [0, 0.05) is 5.39 Å². The SMILES string of the molecule is NN/C(C(=O)O)=C(\N)Oc1cnc2ccccc2c1. The second kappa shape index (κ2) is 5.23. The van der Waals surface area contributed by atoms with E-state index < -0.39 is 11.7 Å². The number of carboxylic acids is 1. The number of nitrogens with zero attached hydrogens (tertiary/aromatic N) is 1. The van der Waals surface area contributed by atoms with Crippen molar-refractivity contribution in [2.24, 2.45) is 11.6 Å². The first kappa shape index (κ1) is 12.7. The number of hydrogen-bond acceptors (Lipinski definition) is 6. The van der Waals surface area contributed by atoms with Gasteiger partial charge in [-0.15, -0.1) is 0 Å². The highest BCUT2D eigenvalue weighted by atomic mass is 16.5. The van der Waals surface area contributed by atoms with E-state index in [0.717, 1.165) is 10.9 Å². The smallest absolute Gasteiger partial charge is 0.358 e. The number of hydrazine groups is 1. The van der Waals surface area contributed by atoms with Crippen molar-refractivity contribution in [1.82, 2.24) is 10.4 Å². The Kier molecular flexibility index (Phi) is 3.48. The summed E-state index contributed by atoms with van der Waals surface area (Å²) in [6.45, 7) is 0. The van der Waals surface area contributed by atoms with Gasteiger partial charge >= 0.3 is 5.97 Å². The zero-order chi connectivity index (χ0) is 13.8. The normalized spacial score (nSPS) is 11.8. The van der Waals surface area contributed by atoms with E-state index in [1.54, 1.807) is 6.07 Å². The number of carbonyl (C=O) groups is 1. The number of rotatable bonds is 4. The van der Waals surface area contributed by atoms with Gasteiger partial charge in [0.25, 0.3) is 0 Å². The third-order valence-corrected chi connectivity index (χ3v) is 2.40. The fraction of sp³-hybridized carbons (Fsp3) is 0. The first-order valence-corrected chi connectivity index (χ1v) is 5.34. The summed E-state index contributed by atoms with van der Waals surface area (Å²) < 4.78 is 5.21. The number of pyridine rings is 1. The quantitative estimate of drug-likeness (QED) is 0.269. The van der Waals surface area contributed by atoms with Crippen LogP contribution in [-0.4, -0.2) is 16.1 Å². The minimum atomic E-state index is -1.31. The summed E-state index contributed by atoms with van der Waals surface area (Å²) in [4.78, 5) is 15.0. The van der Waals surface area contributed by atoms with Gasteiger partial charge in [-0.1, -0.05) is 18.2 Å². The molecule has 7 nitrogen and oxygen atoms in total. The molecule has 0 saturated heterocycles. The minimum Gasteiger partial charge on any atom is -0.476 e. The third-order valence-electron chi connectivity index (χ3n) is 2.40. The van der Waals surface area contributed by atoms with Gasteiger partial charge in [-0.3, -0.25) is 10.8 Å². The van der Waals surface area contributed by atoms with Gasteiger partial charge in [0.15, 0.2) is 5.70 Å². The van der Waals surface area contributed by atoms with Crippen LogP contribution < -0.4 is 21.7 Å². The van der Waals surface area contributed by atoms with Crippen LogP contribution >= 0.6 is 0 Å². The summed E-state index contributed by atoms with van der Waals surface area (Å²) in [5.41, 5.74) is 7.86. The first-order valence-electron chi connectivity index (χ1n) is 5.34. The van der Waals surface area contributed by atoms with Gasteiger partial charge in [0.2, 0.25) is 5.88 Å². The molecule has 0 aliphatic rings. The monoisotopic (exact) mass is 260 g/mol. The van der Waals surface area contributed by atoms with Crippen molar-refractivity contribution in [2.45, 2.75) is 0 Å². The van der Waals surface area contributed by atoms with E-state index in [0.29, 0.717) is 5.75 Å². The molecule has 0 saturated carbocycles. The van der Waals surface area contributed by atoms with Crippen LogP contribution in [-0.2, 0) is 4.79 Å². The number of nitrogens with one attached hydrogen (secondary N) is 1. The Morgan fingerprint density at radius 3 is 2.79 bits per heavy atom. The molecular weight excluding hydrogens is 248 g/mol. The molecule has 2 aromatic rings. The summed E-state index contributed by atoms with van der Waals surface area (Å²) in [5, 5.41) is 9.67. The Bertz CT molecular complexity index is 654. The molecule has 0 unspecified atom stereocenters. The molecule has 1 aromatic heterocycles. The lowest BCUT2D eigenvalue weighted by molar-refractivity contribution is -0.133. The minimum absolute atomic E-state index is 0.324. The van der Waals surface area contributed by atoms with Gasteiger partial charge in [0.05, 0.1) is 11.7 Å². The van der Waals surface area contributed by atoms with E-state index in [9.17, 15) is 4.79 Å². The van der Waals surface area contributed by atoms with E-state index >= 15 is 0 Å². The largest absolute Gasteiger partial charge is 0.476 e. The van der Waals surface area contributed by atoms with Crippen LogP contribution in [0.3, 0.4) is 0 Å². The summed E-state index contributed by atoms with van der Waals surface area (Å²) >= 11 is 0. The molecule has 0 fully saturated rings. The van der Waals surface area contributed by atoms with Crippen LogP contribution in [0, 0.1) is 0 Å². The maximum atomic E-state index is 10.8. The van der Waals surface area contributed by atoms with Crippen LogP contribution in [0.15, 0.2) is 48.1 Å². The number of benzene rings is 1. The first-order chi connectivity index (χ1) is 9.11. The van der Waals surface area contributed by atoms with Crippen molar-refractivity contribution < 1.29 is 14.6 Å². The number of carboxylic acid groups (broad SMARTS) is 1. The topological polar surface area (TPSA) is 123 Å². The molecule has 1 aromatic carbocycles. The Morgan fingerprint density at radius 2 is 2.11 bits per heavy atom. The molecule has 0 spiro atoms. The van der Waals surface area contributed by atoms with E-state index in [2.05, 4.69) is 4.98 Å². The molecule has 0 aliphatic carbocycles. The zero-order valence-corrected chi connectivity index (χ0v) is 9.83. The number of hydrogen-bond donors (Lipinski definition) is 4. The average Bonchev–Trinajstić information content (AvgIpc) is 2.39. The molecule has 6 N–H and O–H groups in total. The molecule has 0 atom stereocenters. The Balaban J connectivity index is 2.33. The molecular formula is C12H12N4O3. The van der Waals surface area contributed by atoms with E-state index in [1.165, 1.54) is 6.20 Å². The van der Waals surface area contributed by atoms with Gasteiger partial charge in [-0.2, -0.15) is 0 Å². The number of ether oxygens (including phenoxy) is 1. The number of nitrogens with two attached hydrogens (primary N) is 2. The Hall–Kier alpha value is -2.80.